The lowest BCUT2D eigenvalue weighted by atomic mass is 10.0. The summed E-state index contributed by atoms with van der Waals surface area (Å²) < 4.78 is 5.48. The Balaban J connectivity index is 0.00000338. The van der Waals surface area contributed by atoms with Gasteiger partial charge in [-0.1, -0.05) is 37.3 Å². The van der Waals surface area contributed by atoms with E-state index >= 15 is 0 Å². The highest BCUT2D eigenvalue weighted by atomic mass is 127. The molecule has 2 aromatic carbocycles. The Morgan fingerprint density at radius 1 is 1.19 bits per heavy atom. The Hall–Kier alpha value is -1.80. The molecule has 0 saturated heterocycles. The maximum atomic E-state index is 6.08. The third-order valence-electron chi connectivity index (χ3n) is 4.16. The molecule has 26 heavy (non-hydrogen) atoms. The molecule has 0 fully saturated rings. The van der Waals surface area contributed by atoms with Crippen LogP contribution >= 0.6 is 24.0 Å². The Kier molecular flexibility index (Phi) is 9.43. The molecule has 2 aromatic rings. The number of aryl methyl sites for hydroxylation is 1. The molecule has 0 spiro atoms. The van der Waals surface area contributed by atoms with E-state index in [1.807, 2.05) is 44.4 Å². The maximum Gasteiger partial charge on any atom is 0.193 e. The standard InChI is InChI=1S/C20H28N4O.HI/c1-5-15-9-8-10-16(13-15)23-20(21)22-14-18(24(2)3)17-11-6-7-12-19(17)25-4;/h6-13,18H,5,14H2,1-4H3,(H3,21,22,23);1H. The zero-order chi connectivity index (χ0) is 18.2. The van der Waals surface area contributed by atoms with Gasteiger partial charge in [0.25, 0.3) is 0 Å². The normalized spacial score (nSPS) is 12.4. The SMILES string of the molecule is CCc1cccc(NC(N)=NCC(c2ccccc2OC)N(C)C)c1.I. The second-order valence-electron chi connectivity index (χ2n) is 6.13. The molecule has 0 radical (unpaired) electrons. The van der Waals surface area contributed by atoms with E-state index in [9.17, 15) is 0 Å². The Morgan fingerprint density at radius 3 is 2.58 bits per heavy atom. The van der Waals surface area contributed by atoms with Crippen LogP contribution in [0, 0.1) is 0 Å². The number of nitrogens with zero attached hydrogens (tertiary/aromatic N) is 2. The van der Waals surface area contributed by atoms with Crippen molar-refractivity contribution in [2.24, 2.45) is 10.7 Å². The van der Waals surface area contributed by atoms with Crippen molar-refractivity contribution in [2.75, 3.05) is 33.1 Å². The fraction of sp³-hybridized carbons (Fsp3) is 0.350. The molecule has 0 aliphatic carbocycles. The summed E-state index contributed by atoms with van der Waals surface area (Å²) in [5.74, 6) is 1.27. The van der Waals surface area contributed by atoms with Crippen LogP contribution in [0.1, 0.15) is 24.1 Å². The molecule has 1 atom stereocenters. The number of benzene rings is 2. The Morgan fingerprint density at radius 2 is 1.92 bits per heavy atom. The first kappa shape index (κ1) is 22.2. The van der Waals surface area contributed by atoms with Crippen LogP contribution in [0.2, 0.25) is 0 Å². The first-order valence-corrected chi connectivity index (χ1v) is 8.50. The number of hydrogen-bond acceptors (Lipinski definition) is 3. The zero-order valence-corrected chi connectivity index (χ0v) is 18.2. The van der Waals surface area contributed by atoms with Crippen LogP contribution in [0.25, 0.3) is 0 Å². The number of hydrogen-bond donors (Lipinski definition) is 2. The number of para-hydroxylation sites is 1. The minimum absolute atomic E-state index is 0. The molecule has 0 aliphatic rings. The van der Waals surface area contributed by atoms with Crippen molar-refractivity contribution in [3.63, 3.8) is 0 Å². The summed E-state index contributed by atoms with van der Waals surface area (Å²) in [4.78, 5) is 6.65. The van der Waals surface area contributed by atoms with E-state index in [0.29, 0.717) is 12.5 Å². The van der Waals surface area contributed by atoms with E-state index in [1.165, 1.54) is 5.56 Å². The van der Waals surface area contributed by atoms with Crippen molar-refractivity contribution in [3.05, 3.63) is 59.7 Å². The number of ether oxygens (including phenoxy) is 1. The average Bonchev–Trinajstić information content (AvgIpc) is 2.62. The molecule has 0 bridgehead atoms. The van der Waals surface area contributed by atoms with E-state index in [1.54, 1.807) is 7.11 Å². The van der Waals surface area contributed by atoms with Gasteiger partial charge < -0.3 is 20.7 Å². The van der Waals surface area contributed by atoms with E-state index in [4.69, 9.17) is 10.5 Å². The highest BCUT2D eigenvalue weighted by Gasteiger charge is 2.17. The lowest BCUT2D eigenvalue weighted by Crippen LogP contribution is -2.27. The molecule has 0 aromatic heterocycles. The summed E-state index contributed by atoms with van der Waals surface area (Å²) in [6, 6.07) is 16.3. The van der Waals surface area contributed by atoms with Crippen LogP contribution in [-0.4, -0.2) is 38.6 Å². The maximum absolute atomic E-state index is 6.08. The van der Waals surface area contributed by atoms with E-state index in [-0.39, 0.29) is 30.0 Å². The minimum atomic E-state index is 0. The van der Waals surface area contributed by atoms with Gasteiger partial charge >= 0.3 is 0 Å². The van der Waals surface area contributed by atoms with E-state index in [0.717, 1.165) is 23.4 Å². The largest absolute Gasteiger partial charge is 0.496 e. The van der Waals surface area contributed by atoms with Crippen LogP contribution in [0.3, 0.4) is 0 Å². The van der Waals surface area contributed by atoms with Crippen LogP contribution in [0.15, 0.2) is 53.5 Å². The van der Waals surface area contributed by atoms with Gasteiger partial charge in [-0.15, -0.1) is 24.0 Å². The average molecular weight is 468 g/mol. The first-order valence-electron chi connectivity index (χ1n) is 8.50. The highest BCUT2D eigenvalue weighted by Crippen LogP contribution is 2.28. The fourth-order valence-electron chi connectivity index (χ4n) is 2.72. The summed E-state index contributed by atoms with van der Waals surface area (Å²) in [5.41, 5.74) is 9.40. The van der Waals surface area contributed by atoms with E-state index in [2.05, 4.69) is 40.3 Å². The molecule has 2 rings (SSSR count). The molecule has 3 N–H and O–H groups in total. The molecule has 1 unspecified atom stereocenters. The molecule has 5 nitrogen and oxygen atoms in total. The van der Waals surface area contributed by atoms with E-state index < -0.39 is 0 Å². The second kappa shape index (κ2) is 11.0. The Labute approximate surface area is 173 Å². The van der Waals surface area contributed by atoms with Crippen LogP contribution in [0.4, 0.5) is 5.69 Å². The number of aliphatic imine (C=N–C) groups is 1. The number of guanidine groups is 1. The van der Waals surface area contributed by atoms with Crippen molar-refractivity contribution in [1.82, 2.24) is 4.90 Å². The lowest BCUT2D eigenvalue weighted by molar-refractivity contribution is 0.295. The number of nitrogens with two attached hydrogens (primary N) is 1. The topological polar surface area (TPSA) is 62.9 Å². The van der Waals surface area contributed by atoms with Crippen LogP contribution in [0.5, 0.6) is 5.75 Å². The molecule has 0 amide bonds. The van der Waals surface area contributed by atoms with Crippen LogP contribution in [-0.2, 0) is 6.42 Å². The number of likely N-dealkylation sites (N-methyl/N-ethyl adjacent to an activating group) is 1. The highest BCUT2D eigenvalue weighted by molar-refractivity contribution is 14.0. The van der Waals surface area contributed by atoms with Gasteiger partial charge in [0.15, 0.2) is 5.96 Å². The van der Waals surface area contributed by atoms with Gasteiger partial charge in [0, 0.05) is 11.3 Å². The van der Waals surface area contributed by atoms with Gasteiger partial charge in [0.2, 0.25) is 0 Å². The monoisotopic (exact) mass is 468 g/mol. The number of anilines is 1. The van der Waals surface area contributed by atoms with Gasteiger partial charge in [-0.3, -0.25) is 4.99 Å². The summed E-state index contributed by atoms with van der Waals surface area (Å²) in [6.45, 7) is 2.67. The van der Waals surface area contributed by atoms with Crippen molar-refractivity contribution < 1.29 is 4.74 Å². The smallest absolute Gasteiger partial charge is 0.193 e. The zero-order valence-electron chi connectivity index (χ0n) is 15.9. The third-order valence-corrected chi connectivity index (χ3v) is 4.16. The molecule has 0 aliphatic heterocycles. The first-order chi connectivity index (χ1) is 12.0. The molecule has 6 heteroatoms. The quantitative estimate of drug-likeness (QED) is 0.368. The second-order valence-corrected chi connectivity index (χ2v) is 6.13. The Bertz CT molecular complexity index is 718. The van der Waals surface area contributed by atoms with Gasteiger partial charge in [-0.05, 0) is 44.3 Å². The molecule has 0 saturated carbocycles. The summed E-state index contributed by atoms with van der Waals surface area (Å²) in [7, 11) is 5.74. The van der Waals surface area contributed by atoms with Gasteiger partial charge in [-0.25, -0.2) is 0 Å². The van der Waals surface area contributed by atoms with Crippen molar-refractivity contribution >= 4 is 35.6 Å². The van der Waals surface area contributed by atoms with Gasteiger partial charge in [-0.2, -0.15) is 0 Å². The third kappa shape index (κ3) is 6.17. The van der Waals surface area contributed by atoms with Gasteiger partial charge in [0.05, 0.1) is 19.7 Å². The molecular weight excluding hydrogens is 439 g/mol. The van der Waals surface area contributed by atoms with Crippen molar-refractivity contribution in [2.45, 2.75) is 19.4 Å². The van der Waals surface area contributed by atoms with Crippen molar-refractivity contribution in [1.29, 1.82) is 0 Å². The molecular formula is C20H29IN4O. The molecule has 0 heterocycles. The number of methoxy groups -OCH3 is 1. The minimum Gasteiger partial charge on any atom is -0.496 e. The van der Waals surface area contributed by atoms with Crippen LogP contribution < -0.4 is 15.8 Å². The number of halogens is 1. The predicted molar refractivity (Wildman–Crippen MR) is 121 cm³/mol. The summed E-state index contributed by atoms with van der Waals surface area (Å²) in [5, 5.41) is 3.17. The van der Waals surface area contributed by atoms with Gasteiger partial charge in [0.1, 0.15) is 5.75 Å². The lowest BCUT2D eigenvalue weighted by Gasteiger charge is -2.25. The fourth-order valence-corrected chi connectivity index (χ4v) is 2.72. The van der Waals surface area contributed by atoms with Crippen molar-refractivity contribution in [3.8, 4) is 5.75 Å². The molecule has 142 valence electrons. The number of nitrogens with one attached hydrogen (secondary N) is 1. The summed E-state index contributed by atoms with van der Waals surface area (Å²) in [6.07, 6.45) is 0.989. The summed E-state index contributed by atoms with van der Waals surface area (Å²) >= 11 is 0. The predicted octanol–water partition coefficient (Wildman–Crippen LogP) is 3.91. The number of rotatable bonds is 7.